The highest BCUT2D eigenvalue weighted by Gasteiger charge is 2.13. The van der Waals surface area contributed by atoms with Gasteiger partial charge in [-0.05, 0) is 12.1 Å². The number of rotatable bonds is 5. The van der Waals surface area contributed by atoms with Gasteiger partial charge in [-0.15, -0.1) is 0 Å². The van der Waals surface area contributed by atoms with Crippen molar-refractivity contribution >= 4 is 17.7 Å². The molecule has 1 unspecified atom stereocenters. The number of carboxylic acids is 1. The number of aliphatic hydroxyl groups excluding tert-OH is 1. The number of hydrogen-bond donors (Lipinski definition) is 4. The van der Waals surface area contributed by atoms with Crippen molar-refractivity contribution in [2.75, 3.05) is 11.9 Å². The second-order valence-corrected chi connectivity index (χ2v) is 3.65. The number of amides is 2. The highest BCUT2D eigenvalue weighted by atomic mass is 19.1. The Labute approximate surface area is 107 Å². The fraction of sp³-hybridized carbons (Fsp3) is 0.273. The molecule has 0 spiro atoms. The molecule has 1 atom stereocenters. The van der Waals surface area contributed by atoms with Crippen molar-refractivity contribution in [1.82, 2.24) is 5.32 Å². The van der Waals surface area contributed by atoms with Crippen molar-refractivity contribution in [2.24, 2.45) is 0 Å². The third-order valence-corrected chi connectivity index (χ3v) is 2.17. The van der Waals surface area contributed by atoms with E-state index in [0.29, 0.717) is 6.07 Å². The van der Waals surface area contributed by atoms with Crippen LogP contribution in [-0.4, -0.2) is 34.9 Å². The van der Waals surface area contributed by atoms with Gasteiger partial charge in [-0.2, -0.15) is 0 Å². The molecule has 0 aromatic heterocycles. The van der Waals surface area contributed by atoms with Crippen molar-refractivity contribution in [2.45, 2.75) is 12.5 Å². The number of aliphatic hydroxyl groups is 1. The molecule has 0 saturated carbocycles. The van der Waals surface area contributed by atoms with Gasteiger partial charge in [-0.25, -0.2) is 18.4 Å². The first-order valence-electron chi connectivity index (χ1n) is 5.31. The standard InChI is InChI=1S/C11H12F2N2O4/c12-6-1-2-8(7(13)5-6)15-11(19)14-4-3-9(16)10(17)18/h1-2,5,9,16H,3-4H2,(H,17,18)(H2,14,15,19). The summed E-state index contributed by atoms with van der Waals surface area (Å²) in [4.78, 5) is 21.6. The molecule has 4 N–H and O–H groups in total. The second kappa shape index (κ2) is 6.64. The van der Waals surface area contributed by atoms with Crippen molar-refractivity contribution in [3.8, 4) is 0 Å². The van der Waals surface area contributed by atoms with Crippen LogP contribution in [0.4, 0.5) is 19.3 Å². The smallest absolute Gasteiger partial charge is 0.332 e. The zero-order valence-corrected chi connectivity index (χ0v) is 9.69. The van der Waals surface area contributed by atoms with Crippen LogP contribution in [0.2, 0.25) is 0 Å². The van der Waals surface area contributed by atoms with Crippen LogP contribution < -0.4 is 10.6 Å². The molecule has 2 amide bonds. The van der Waals surface area contributed by atoms with Gasteiger partial charge in [-0.1, -0.05) is 0 Å². The molecule has 1 aromatic rings. The summed E-state index contributed by atoms with van der Waals surface area (Å²) in [5, 5.41) is 21.7. The summed E-state index contributed by atoms with van der Waals surface area (Å²) < 4.78 is 25.8. The molecule has 1 rings (SSSR count). The van der Waals surface area contributed by atoms with Gasteiger partial charge in [0.15, 0.2) is 6.10 Å². The van der Waals surface area contributed by atoms with Gasteiger partial charge in [0.1, 0.15) is 11.6 Å². The number of carbonyl (C=O) groups is 2. The van der Waals surface area contributed by atoms with Crippen molar-refractivity contribution in [1.29, 1.82) is 0 Å². The van der Waals surface area contributed by atoms with E-state index >= 15 is 0 Å². The Kier molecular flexibility index (Phi) is 5.19. The van der Waals surface area contributed by atoms with E-state index in [-0.39, 0.29) is 18.7 Å². The molecule has 0 saturated heterocycles. The Morgan fingerprint density at radius 3 is 2.58 bits per heavy atom. The summed E-state index contributed by atoms with van der Waals surface area (Å²) in [6.07, 6.45) is -1.77. The maximum Gasteiger partial charge on any atom is 0.332 e. The number of nitrogens with one attached hydrogen (secondary N) is 2. The molecule has 0 aliphatic rings. The molecular formula is C11H12F2N2O4. The highest BCUT2D eigenvalue weighted by molar-refractivity contribution is 5.89. The van der Waals surface area contributed by atoms with Gasteiger partial charge < -0.3 is 20.8 Å². The fourth-order valence-electron chi connectivity index (χ4n) is 1.20. The number of anilines is 1. The zero-order valence-electron chi connectivity index (χ0n) is 9.69. The Balaban J connectivity index is 2.41. The molecule has 0 aliphatic heterocycles. The summed E-state index contributed by atoms with van der Waals surface area (Å²) in [6, 6.07) is 1.86. The number of aliphatic carboxylic acids is 1. The van der Waals surface area contributed by atoms with Gasteiger partial charge in [0.2, 0.25) is 0 Å². The summed E-state index contributed by atoms with van der Waals surface area (Å²) in [5.74, 6) is -3.10. The number of carbonyl (C=O) groups excluding carboxylic acids is 1. The third kappa shape index (κ3) is 4.88. The SMILES string of the molecule is O=C(NCCC(O)C(=O)O)Nc1ccc(F)cc1F. The molecule has 0 radical (unpaired) electrons. The summed E-state index contributed by atoms with van der Waals surface area (Å²) in [6.45, 7) is -0.109. The van der Waals surface area contributed by atoms with Crippen LogP contribution in [-0.2, 0) is 4.79 Å². The molecule has 1 aromatic carbocycles. The molecule has 19 heavy (non-hydrogen) atoms. The minimum absolute atomic E-state index is 0.109. The number of benzene rings is 1. The van der Waals surface area contributed by atoms with Crippen molar-refractivity contribution in [3.63, 3.8) is 0 Å². The van der Waals surface area contributed by atoms with E-state index in [4.69, 9.17) is 10.2 Å². The predicted octanol–water partition coefficient (Wildman–Crippen LogP) is 0.922. The number of urea groups is 1. The van der Waals surface area contributed by atoms with Crippen molar-refractivity contribution < 1.29 is 28.6 Å². The monoisotopic (exact) mass is 274 g/mol. The molecule has 0 aliphatic carbocycles. The molecule has 0 fully saturated rings. The van der Waals surface area contributed by atoms with Gasteiger partial charge in [0, 0.05) is 19.0 Å². The average molecular weight is 274 g/mol. The summed E-state index contributed by atoms with van der Waals surface area (Å²) in [7, 11) is 0. The molecule has 0 heterocycles. The molecule has 8 heteroatoms. The van der Waals surface area contributed by atoms with E-state index in [1.165, 1.54) is 0 Å². The quantitative estimate of drug-likeness (QED) is 0.641. The van der Waals surface area contributed by atoms with Crippen LogP contribution >= 0.6 is 0 Å². The number of carboxylic acid groups (broad SMARTS) is 1. The molecule has 6 nitrogen and oxygen atoms in total. The van der Waals surface area contributed by atoms with E-state index in [1.54, 1.807) is 0 Å². The lowest BCUT2D eigenvalue weighted by atomic mass is 10.2. The van der Waals surface area contributed by atoms with Crippen molar-refractivity contribution in [3.05, 3.63) is 29.8 Å². The average Bonchev–Trinajstić information content (AvgIpc) is 2.32. The van der Waals surface area contributed by atoms with E-state index in [9.17, 15) is 18.4 Å². The summed E-state index contributed by atoms with van der Waals surface area (Å²) in [5.41, 5.74) is -0.210. The number of hydrogen-bond acceptors (Lipinski definition) is 3. The Hall–Kier alpha value is -2.22. The van der Waals surface area contributed by atoms with E-state index in [2.05, 4.69) is 10.6 Å². The molecule has 104 valence electrons. The van der Waals surface area contributed by atoms with Gasteiger partial charge in [0.25, 0.3) is 0 Å². The van der Waals surface area contributed by atoms with Crippen LogP contribution in [0, 0.1) is 11.6 Å². The lowest BCUT2D eigenvalue weighted by molar-refractivity contribution is -0.146. The van der Waals surface area contributed by atoms with Gasteiger partial charge in [-0.3, -0.25) is 0 Å². The highest BCUT2D eigenvalue weighted by Crippen LogP contribution is 2.14. The lowest BCUT2D eigenvalue weighted by Gasteiger charge is -2.09. The predicted molar refractivity (Wildman–Crippen MR) is 61.6 cm³/mol. The van der Waals surface area contributed by atoms with Crippen LogP contribution in [0.25, 0.3) is 0 Å². The first-order chi connectivity index (χ1) is 8.90. The minimum atomic E-state index is -1.58. The minimum Gasteiger partial charge on any atom is -0.479 e. The maximum absolute atomic E-state index is 13.2. The number of halogens is 2. The van der Waals surface area contributed by atoms with Crippen LogP contribution in [0.5, 0.6) is 0 Å². The Bertz CT molecular complexity index is 482. The third-order valence-electron chi connectivity index (χ3n) is 2.17. The Morgan fingerprint density at radius 2 is 2.00 bits per heavy atom. The first-order valence-corrected chi connectivity index (χ1v) is 5.31. The van der Waals surface area contributed by atoms with Gasteiger partial charge in [0.05, 0.1) is 5.69 Å². The zero-order chi connectivity index (χ0) is 14.4. The van der Waals surface area contributed by atoms with E-state index < -0.39 is 29.7 Å². The fourth-order valence-corrected chi connectivity index (χ4v) is 1.20. The topological polar surface area (TPSA) is 98.7 Å². The van der Waals surface area contributed by atoms with E-state index in [1.807, 2.05) is 0 Å². The van der Waals surface area contributed by atoms with E-state index in [0.717, 1.165) is 12.1 Å². The Morgan fingerprint density at radius 1 is 1.32 bits per heavy atom. The van der Waals surface area contributed by atoms with Crippen LogP contribution in [0.15, 0.2) is 18.2 Å². The van der Waals surface area contributed by atoms with Crippen LogP contribution in [0.1, 0.15) is 6.42 Å². The first kappa shape index (κ1) is 14.8. The molecular weight excluding hydrogens is 262 g/mol. The largest absolute Gasteiger partial charge is 0.479 e. The second-order valence-electron chi connectivity index (χ2n) is 3.65. The molecule has 0 bridgehead atoms. The van der Waals surface area contributed by atoms with Gasteiger partial charge >= 0.3 is 12.0 Å². The van der Waals surface area contributed by atoms with Crippen LogP contribution in [0.3, 0.4) is 0 Å². The normalized spacial score (nSPS) is 11.7. The maximum atomic E-state index is 13.2. The summed E-state index contributed by atoms with van der Waals surface area (Å²) >= 11 is 0. The lowest BCUT2D eigenvalue weighted by Crippen LogP contribution is -2.33.